The molecule has 0 radical (unpaired) electrons. The first-order valence-electron chi connectivity index (χ1n) is 7.09. The van der Waals surface area contributed by atoms with E-state index in [0.29, 0.717) is 11.3 Å². The highest BCUT2D eigenvalue weighted by Crippen LogP contribution is 2.40. The maximum atomic E-state index is 12.3. The minimum atomic E-state index is -1.31. The molecule has 8 nitrogen and oxygen atoms in total. The molecular weight excluding hydrogens is 393 g/mol. The number of ether oxygens (including phenoxy) is 1. The van der Waals surface area contributed by atoms with E-state index in [1.54, 1.807) is 0 Å². The van der Waals surface area contributed by atoms with Crippen LogP contribution in [0.25, 0.3) is 0 Å². The summed E-state index contributed by atoms with van der Waals surface area (Å²) < 4.78 is 5.22. The van der Waals surface area contributed by atoms with Crippen LogP contribution >= 0.6 is 35.8 Å². The van der Waals surface area contributed by atoms with Gasteiger partial charge in [-0.2, -0.15) is 0 Å². The van der Waals surface area contributed by atoms with E-state index in [0.717, 1.165) is 0 Å². The normalized spacial score (nSPS) is 27.6. The van der Waals surface area contributed by atoms with Crippen molar-refractivity contribution >= 4 is 53.3 Å². The van der Waals surface area contributed by atoms with Crippen molar-refractivity contribution in [3.63, 3.8) is 0 Å². The van der Waals surface area contributed by atoms with Crippen LogP contribution in [0.4, 0.5) is 5.69 Å². The Morgan fingerprint density at radius 1 is 1.48 bits per heavy atom. The quantitative estimate of drug-likeness (QED) is 0.262. The van der Waals surface area contributed by atoms with Crippen LogP contribution < -0.4 is 5.73 Å². The second-order valence-electron chi connectivity index (χ2n) is 5.66. The Kier molecular flexibility index (Phi) is 5.82. The van der Waals surface area contributed by atoms with Gasteiger partial charge in [0.05, 0.1) is 11.5 Å². The fourth-order valence-corrected chi connectivity index (χ4v) is 4.26. The third-order valence-electron chi connectivity index (χ3n) is 3.97. The number of amides is 1. The van der Waals surface area contributed by atoms with Gasteiger partial charge >= 0.3 is 5.97 Å². The number of carbonyl (C=O) groups excluding carboxylic acids is 2. The number of thioether (sulfide) groups is 1. The molecule has 136 valence electrons. The van der Waals surface area contributed by atoms with Gasteiger partial charge in [0, 0.05) is 17.9 Å². The van der Waals surface area contributed by atoms with Crippen LogP contribution in [0, 0.1) is 10.1 Å². The molecule has 1 aromatic rings. The first-order chi connectivity index (χ1) is 11.3. The van der Waals surface area contributed by atoms with E-state index >= 15 is 0 Å². The molecule has 25 heavy (non-hydrogen) atoms. The van der Waals surface area contributed by atoms with Crippen molar-refractivity contribution in [1.82, 2.24) is 4.90 Å². The highest BCUT2D eigenvalue weighted by molar-refractivity contribution is 8.00. The lowest BCUT2D eigenvalue weighted by molar-refractivity contribution is -0.384. The van der Waals surface area contributed by atoms with Gasteiger partial charge in [-0.15, -0.1) is 35.8 Å². The van der Waals surface area contributed by atoms with Crippen LogP contribution in [0.5, 0.6) is 0 Å². The summed E-state index contributed by atoms with van der Waals surface area (Å²) in [4.78, 5) is 34.3. The van der Waals surface area contributed by atoms with Gasteiger partial charge in [-0.25, -0.2) is 0 Å². The second kappa shape index (κ2) is 7.36. The zero-order valence-electron chi connectivity index (χ0n) is 12.8. The molecule has 2 aliphatic rings. The number of nitrogens with zero attached hydrogens (tertiary/aromatic N) is 2. The van der Waals surface area contributed by atoms with Gasteiger partial charge in [-0.05, 0) is 17.7 Å². The molecule has 0 saturated carbocycles. The van der Waals surface area contributed by atoms with Gasteiger partial charge in [0.1, 0.15) is 18.0 Å². The molecule has 1 amide bonds. The molecule has 0 aromatic heterocycles. The number of nitro groups is 1. The van der Waals surface area contributed by atoms with Gasteiger partial charge in [0.25, 0.3) is 5.69 Å². The summed E-state index contributed by atoms with van der Waals surface area (Å²) in [5.41, 5.74) is 6.26. The van der Waals surface area contributed by atoms with E-state index in [9.17, 15) is 19.7 Å². The van der Waals surface area contributed by atoms with Crippen molar-refractivity contribution in [2.75, 3.05) is 12.3 Å². The number of hydrogen-bond acceptors (Lipinski definition) is 7. The monoisotopic (exact) mass is 407 g/mol. The highest BCUT2D eigenvalue weighted by atomic mass is 35.5. The fraction of sp³-hybridized carbons (Fsp3) is 0.429. The third-order valence-corrected chi connectivity index (χ3v) is 6.08. The predicted octanol–water partition coefficient (Wildman–Crippen LogP) is 1.28. The van der Waals surface area contributed by atoms with E-state index in [2.05, 4.69) is 0 Å². The molecule has 2 aliphatic heterocycles. The molecule has 2 heterocycles. The summed E-state index contributed by atoms with van der Waals surface area (Å²) in [5.74, 6) is -0.544. The van der Waals surface area contributed by atoms with Gasteiger partial charge in [0.2, 0.25) is 5.91 Å². The average Bonchev–Trinajstić information content (AvgIpc) is 2.59. The maximum Gasteiger partial charge on any atom is 0.330 e. The van der Waals surface area contributed by atoms with Crippen LogP contribution in [0.3, 0.4) is 0 Å². The van der Waals surface area contributed by atoms with E-state index in [1.165, 1.54) is 40.9 Å². The number of hydrogen-bond donors (Lipinski definition) is 1. The lowest BCUT2D eigenvalue weighted by Crippen LogP contribution is -2.72. The first kappa shape index (κ1) is 19.8. The lowest BCUT2D eigenvalue weighted by atomic mass is 10.0. The number of rotatable bonds is 4. The number of non-ortho nitro benzene ring substituents is 1. The Morgan fingerprint density at radius 3 is 2.72 bits per heavy atom. The number of halogens is 2. The fourth-order valence-electron chi connectivity index (χ4n) is 2.56. The second-order valence-corrected chi connectivity index (χ2v) is 7.49. The van der Waals surface area contributed by atoms with E-state index in [-0.39, 0.29) is 42.5 Å². The summed E-state index contributed by atoms with van der Waals surface area (Å²) >= 11 is 7.71. The number of alkyl halides is 1. The largest absolute Gasteiger partial charge is 0.459 e. The summed E-state index contributed by atoms with van der Waals surface area (Å²) in [6.07, 6.45) is 0. The zero-order valence-corrected chi connectivity index (χ0v) is 15.2. The van der Waals surface area contributed by atoms with Crippen LogP contribution in [0.15, 0.2) is 24.3 Å². The minimum absolute atomic E-state index is 0. The smallest absolute Gasteiger partial charge is 0.330 e. The molecule has 1 aromatic carbocycles. The number of esters is 1. The Balaban J connectivity index is 0.00000225. The maximum absolute atomic E-state index is 12.3. The zero-order chi connectivity index (χ0) is 17.5. The molecule has 2 unspecified atom stereocenters. The van der Waals surface area contributed by atoms with Crippen molar-refractivity contribution in [1.29, 1.82) is 0 Å². The van der Waals surface area contributed by atoms with Crippen LogP contribution in [-0.4, -0.2) is 50.3 Å². The predicted molar refractivity (Wildman–Crippen MR) is 94.7 cm³/mol. The van der Waals surface area contributed by atoms with Crippen molar-refractivity contribution in [2.45, 2.75) is 22.9 Å². The van der Waals surface area contributed by atoms with Crippen LogP contribution in [0.2, 0.25) is 0 Å². The van der Waals surface area contributed by atoms with Gasteiger partial charge in [-0.1, -0.05) is 0 Å². The van der Waals surface area contributed by atoms with Crippen LogP contribution in [0.1, 0.15) is 5.56 Å². The Bertz CT molecular complexity index is 704. The SMILES string of the molecule is Cl.NC1C(=O)N2CC(Cl)(C(=O)OCc3ccc([N+](=O)[O-])cc3)CS[C@H]12. The first-order valence-corrected chi connectivity index (χ1v) is 8.52. The number of nitro benzene ring substituents is 1. The average molecular weight is 408 g/mol. The van der Waals surface area contributed by atoms with Crippen LogP contribution in [-0.2, 0) is 20.9 Å². The summed E-state index contributed by atoms with van der Waals surface area (Å²) in [6.45, 7) is 0.0186. The molecular formula is C14H15Cl2N3O5S. The minimum Gasteiger partial charge on any atom is -0.459 e. The molecule has 2 saturated heterocycles. The molecule has 11 heteroatoms. The number of fused-ring (bicyclic) bond motifs is 1. The van der Waals surface area contributed by atoms with Crippen molar-refractivity contribution < 1.29 is 19.2 Å². The number of nitrogens with two attached hydrogens (primary N) is 1. The third kappa shape index (κ3) is 3.69. The molecule has 3 rings (SSSR count). The molecule has 3 atom stereocenters. The standard InChI is InChI=1S/C14H14ClN3O5S.ClH/c15-14(6-17-11(19)10(16)12(17)24-7-14)13(20)23-5-8-1-3-9(4-2-8)18(21)22;/h1-4,10,12H,5-7,16H2;1H/t10?,12-,14?;/m1./s1. The number of carbonyl (C=O) groups is 2. The topological polar surface area (TPSA) is 116 Å². The highest BCUT2D eigenvalue weighted by Gasteiger charge is 2.55. The molecule has 2 fully saturated rings. The van der Waals surface area contributed by atoms with Crippen molar-refractivity contribution in [3.8, 4) is 0 Å². The van der Waals surface area contributed by atoms with Gasteiger partial charge in [-0.3, -0.25) is 19.7 Å². The number of β-lactam (4-membered cyclic amide) rings is 1. The Labute approximate surface area is 158 Å². The van der Waals surface area contributed by atoms with Gasteiger partial charge < -0.3 is 15.4 Å². The van der Waals surface area contributed by atoms with Crippen molar-refractivity contribution in [2.24, 2.45) is 5.73 Å². The summed E-state index contributed by atoms with van der Waals surface area (Å²) in [7, 11) is 0. The van der Waals surface area contributed by atoms with Gasteiger partial charge in [0.15, 0.2) is 4.87 Å². The summed E-state index contributed by atoms with van der Waals surface area (Å²) in [5, 5.41) is 10.5. The molecule has 0 spiro atoms. The molecule has 0 aliphatic carbocycles. The Morgan fingerprint density at radius 2 is 2.12 bits per heavy atom. The van der Waals surface area contributed by atoms with Crippen molar-refractivity contribution in [3.05, 3.63) is 39.9 Å². The summed E-state index contributed by atoms with van der Waals surface area (Å²) in [6, 6.07) is 5.15. The van der Waals surface area contributed by atoms with E-state index in [1.807, 2.05) is 0 Å². The Hall–Kier alpha value is -1.55. The van der Waals surface area contributed by atoms with E-state index < -0.39 is 21.8 Å². The molecule has 0 bridgehead atoms. The number of benzene rings is 1. The molecule has 2 N–H and O–H groups in total. The van der Waals surface area contributed by atoms with E-state index in [4.69, 9.17) is 22.1 Å². The lowest BCUT2D eigenvalue weighted by Gasteiger charge is -2.51.